The molecule has 0 aromatic heterocycles. The first-order valence-electron chi connectivity index (χ1n) is 8.00. The van der Waals surface area contributed by atoms with Gasteiger partial charge < -0.3 is 9.80 Å². The lowest BCUT2D eigenvalue weighted by atomic mass is 9.97. The minimum atomic E-state index is -1.01. The number of carbonyl (C=O) groups excluding carboxylic acids is 2. The Kier molecular flexibility index (Phi) is 4.52. The van der Waals surface area contributed by atoms with Crippen molar-refractivity contribution >= 4 is 17.5 Å². The highest BCUT2D eigenvalue weighted by molar-refractivity contribution is 6.00. The number of terminal acetylenes is 1. The molecule has 2 atom stereocenters. The molecule has 0 unspecified atom stereocenters. The van der Waals surface area contributed by atoms with Gasteiger partial charge in [-0.15, -0.1) is 12.3 Å². The molecule has 0 N–H and O–H groups in total. The predicted molar refractivity (Wildman–Crippen MR) is 85.0 cm³/mol. The van der Waals surface area contributed by atoms with Crippen molar-refractivity contribution in [2.24, 2.45) is 11.8 Å². The van der Waals surface area contributed by atoms with Gasteiger partial charge in [0, 0.05) is 43.7 Å². The Bertz CT molecular complexity index is 713. The fraction of sp³-hybridized carbons (Fsp3) is 0.444. The molecule has 0 aliphatic carbocycles. The lowest BCUT2D eigenvalue weighted by molar-refractivity contribution is -0.137. The summed E-state index contributed by atoms with van der Waals surface area (Å²) in [7, 11) is 0. The number of rotatable bonds is 2. The van der Waals surface area contributed by atoms with Crippen molar-refractivity contribution in [2.45, 2.75) is 19.3 Å². The number of hydrogen-bond donors (Lipinski definition) is 0. The number of likely N-dealkylation sites (tertiary alicyclic amines) is 1. The molecule has 2 aliphatic heterocycles. The van der Waals surface area contributed by atoms with Gasteiger partial charge in [-0.25, -0.2) is 8.78 Å². The van der Waals surface area contributed by atoms with Crippen LogP contribution in [0, 0.1) is 35.8 Å². The smallest absolute Gasteiger partial charge is 0.228 e. The molecular weight excluding hydrogens is 314 g/mol. The molecular formula is C18H18F2N2O2. The summed E-state index contributed by atoms with van der Waals surface area (Å²) in [6.07, 6.45) is 7.29. The van der Waals surface area contributed by atoms with E-state index in [1.807, 2.05) is 0 Å². The third-order valence-electron chi connectivity index (χ3n) is 4.66. The van der Waals surface area contributed by atoms with Crippen LogP contribution in [-0.4, -0.2) is 36.3 Å². The maximum Gasteiger partial charge on any atom is 0.228 e. The van der Waals surface area contributed by atoms with Crippen molar-refractivity contribution in [2.75, 3.05) is 24.5 Å². The Morgan fingerprint density at radius 2 is 2.04 bits per heavy atom. The van der Waals surface area contributed by atoms with Gasteiger partial charge in [-0.2, -0.15) is 0 Å². The Labute approximate surface area is 139 Å². The summed E-state index contributed by atoms with van der Waals surface area (Å²) in [6, 6.07) is 3.31. The van der Waals surface area contributed by atoms with Crippen LogP contribution in [-0.2, 0) is 9.59 Å². The van der Waals surface area contributed by atoms with Gasteiger partial charge in [0.1, 0.15) is 0 Å². The number of anilines is 1. The van der Waals surface area contributed by atoms with E-state index in [0.29, 0.717) is 13.1 Å². The lowest BCUT2D eigenvalue weighted by Crippen LogP contribution is -2.43. The molecule has 3 rings (SSSR count). The van der Waals surface area contributed by atoms with Crippen LogP contribution in [0.1, 0.15) is 19.3 Å². The predicted octanol–water partition coefficient (Wildman–Crippen LogP) is 2.19. The summed E-state index contributed by atoms with van der Waals surface area (Å²) in [5, 5.41) is 0. The Balaban J connectivity index is 1.71. The second kappa shape index (κ2) is 6.60. The molecule has 0 saturated carbocycles. The molecule has 0 bridgehead atoms. The number of carbonyl (C=O) groups is 2. The van der Waals surface area contributed by atoms with Gasteiger partial charge in [0.2, 0.25) is 11.8 Å². The Morgan fingerprint density at radius 1 is 1.25 bits per heavy atom. The molecule has 1 aromatic carbocycles. The standard InChI is InChI=1S/C18H18F2N2O2/c1-2-12-4-3-7-21(10-12)18(24)13-8-17(23)22(11-13)14-5-6-15(19)16(20)9-14/h1,5-6,9,12-13H,3-4,7-8,10-11H2/t12-,13-/m1/s1. The number of halogens is 2. The van der Waals surface area contributed by atoms with Crippen molar-refractivity contribution in [1.29, 1.82) is 0 Å². The molecule has 0 spiro atoms. The van der Waals surface area contributed by atoms with Crippen molar-refractivity contribution in [3.05, 3.63) is 29.8 Å². The second-order valence-corrected chi connectivity index (χ2v) is 6.29. The summed E-state index contributed by atoms with van der Waals surface area (Å²) in [4.78, 5) is 27.9. The largest absolute Gasteiger partial charge is 0.341 e. The zero-order valence-electron chi connectivity index (χ0n) is 13.2. The number of benzene rings is 1. The zero-order valence-corrected chi connectivity index (χ0v) is 13.2. The van der Waals surface area contributed by atoms with Crippen LogP contribution in [0.25, 0.3) is 0 Å². The van der Waals surface area contributed by atoms with E-state index < -0.39 is 17.6 Å². The number of piperidine rings is 1. The van der Waals surface area contributed by atoms with Gasteiger partial charge >= 0.3 is 0 Å². The zero-order chi connectivity index (χ0) is 17.3. The first kappa shape index (κ1) is 16.4. The van der Waals surface area contributed by atoms with Crippen LogP contribution in [0.5, 0.6) is 0 Å². The lowest BCUT2D eigenvalue weighted by Gasteiger charge is -2.32. The maximum atomic E-state index is 13.4. The summed E-state index contributed by atoms with van der Waals surface area (Å²) in [5.74, 6) is -0.0529. The van der Waals surface area contributed by atoms with Crippen molar-refractivity contribution in [1.82, 2.24) is 4.90 Å². The van der Waals surface area contributed by atoms with E-state index >= 15 is 0 Å². The van der Waals surface area contributed by atoms with E-state index in [9.17, 15) is 18.4 Å². The van der Waals surface area contributed by atoms with E-state index in [0.717, 1.165) is 25.0 Å². The van der Waals surface area contributed by atoms with Gasteiger partial charge in [-0.1, -0.05) is 0 Å². The topological polar surface area (TPSA) is 40.6 Å². The van der Waals surface area contributed by atoms with Crippen LogP contribution in [0.15, 0.2) is 18.2 Å². The van der Waals surface area contributed by atoms with Gasteiger partial charge in [-0.05, 0) is 25.0 Å². The molecule has 2 amide bonds. The summed E-state index contributed by atoms with van der Waals surface area (Å²) in [6.45, 7) is 1.35. The summed E-state index contributed by atoms with van der Waals surface area (Å²) >= 11 is 0. The van der Waals surface area contributed by atoms with E-state index in [2.05, 4.69) is 5.92 Å². The molecule has 0 radical (unpaired) electrons. The van der Waals surface area contributed by atoms with Gasteiger partial charge in [-0.3, -0.25) is 9.59 Å². The van der Waals surface area contributed by atoms with Crippen molar-refractivity contribution in [3.63, 3.8) is 0 Å². The Hall–Kier alpha value is -2.42. The van der Waals surface area contributed by atoms with Crippen LogP contribution in [0.4, 0.5) is 14.5 Å². The van der Waals surface area contributed by atoms with Crippen molar-refractivity contribution in [3.8, 4) is 12.3 Å². The van der Waals surface area contributed by atoms with Gasteiger partial charge in [0.25, 0.3) is 0 Å². The monoisotopic (exact) mass is 332 g/mol. The van der Waals surface area contributed by atoms with E-state index in [-0.39, 0.29) is 36.4 Å². The third kappa shape index (κ3) is 3.12. The Morgan fingerprint density at radius 3 is 2.75 bits per heavy atom. The number of amides is 2. The molecule has 4 nitrogen and oxygen atoms in total. The van der Waals surface area contributed by atoms with Crippen LogP contribution in [0.3, 0.4) is 0 Å². The van der Waals surface area contributed by atoms with Crippen molar-refractivity contribution < 1.29 is 18.4 Å². The minimum absolute atomic E-state index is 0.0575. The second-order valence-electron chi connectivity index (χ2n) is 6.29. The highest BCUT2D eigenvalue weighted by atomic mass is 19.2. The molecule has 1 aromatic rings. The minimum Gasteiger partial charge on any atom is -0.341 e. The van der Waals surface area contributed by atoms with Gasteiger partial charge in [0.05, 0.1) is 5.92 Å². The number of hydrogen-bond acceptors (Lipinski definition) is 2. The fourth-order valence-corrected chi connectivity index (χ4v) is 3.35. The molecule has 6 heteroatoms. The quantitative estimate of drug-likeness (QED) is 0.779. The first-order chi connectivity index (χ1) is 11.5. The van der Waals surface area contributed by atoms with Crippen LogP contribution >= 0.6 is 0 Å². The van der Waals surface area contributed by atoms with Crippen LogP contribution in [0.2, 0.25) is 0 Å². The van der Waals surface area contributed by atoms with Crippen LogP contribution < -0.4 is 4.90 Å². The average molecular weight is 332 g/mol. The summed E-state index contributed by atoms with van der Waals surface area (Å²) < 4.78 is 26.4. The third-order valence-corrected chi connectivity index (χ3v) is 4.66. The summed E-state index contributed by atoms with van der Waals surface area (Å²) in [5.41, 5.74) is 0.273. The molecule has 2 saturated heterocycles. The molecule has 126 valence electrons. The number of nitrogens with zero attached hydrogens (tertiary/aromatic N) is 2. The molecule has 2 aliphatic rings. The highest BCUT2D eigenvalue weighted by Crippen LogP contribution is 2.28. The highest BCUT2D eigenvalue weighted by Gasteiger charge is 2.38. The molecule has 2 heterocycles. The fourth-order valence-electron chi connectivity index (χ4n) is 3.35. The molecule has 2 fully saturated rings. The SMILES string of the molecule is C#C[C@@H]1CCCN(C(=O)[C@@H]2CC(=O)N(c3ccc(F)c(F)c3)C2)C1. The van der Waals surface area contributed by atoms with Gasteiger partial charge in [0.15, 0.2) is 11.6 Å². The first-order valence-corrected chi connectivity index (χ1v) is 8.00. The average Bonchev–Trinajstić information content (AvgIpc) is 2.98. The van der Waals surface area contributed by atoms with E-state index in [1.165, 1.54) is 11.0 Å². The normalized spacial score (nSPS) is 24.1. The van der Waals surface area contributed by atoms with E-state index in [1.54, 1.807) is 4.90 Å². The molecule has 24 heavy (non-hydrogen) atoms. The van der Waals surface area contributed by atoms with E-state index in [4.69, 9.17) is 6.42 Å². The maximum absolute atomic E-state index is 13.4.